The summed E-state index contributed by atoms with van der Waals surface area (Å²) < 4.78 is 0. The summed E-state index contributed by atoms with van der Waals surface area (Å²) in [6.07, 6.45) is 6.05. The lowest BCUT2D eigenvalue weighted by atomic mass is 10.2. The Hall–Kier alpha value is -0.320. The van der Waals surface area contributed by atoms with Crippen LogP contribution in [0.2, 0.25) is 0 Å². The molecule has 1 aliphatic carbocycles. The maximum Gasteiger partial charge on any atom is 0.234 e. The van der Waals surface area contributed by atoms with Crippen LogP contribution in [0.25, 0.3) is 0 Å². The monoisotopic (exact) mass is 261 g/mol. The molecule has 0 aromatic carbocycles. The highest BCUT2D eigenvalue weighted by Crippen LogP contribution is 2.17. The number of nitrogens with zero attached hydrogens (tertiary/aromatic N) is 1. The van der Waals surface area contributed by atoms with E-state index >= 15 is 0 Å². The molecular formula is C12H24ClN3O. The van der Waals surface area contributed by atoms with Gasteiger partial charge < -0.3 is 10.6 Å². The fourth-order valence-electron chi connectivity index (χ4n) is 2.76. The van der Waals surface area contributed by atoms with E-state index in [2.05, 4.69) is 15.5 Å². The standard InChI is InChI=1S/C12H23N3O.ClH/c1-13-11-6-7-15(8-11)9-12(16)14-10-4-2-3-5-10;/h10-11,13H,2-9H2,1H3,(H,14,16);1H. The van der Waals surface area contributed by atoms with Crippen molar-refractivity contribution >= 4 is 18.3 Å². The van der Waals surface area contributed by atoms with Gasteiger partial charge in [-0.2, -0.15) is 0 Å². The van der Waals surface area contributed by atoms with Crippen molar-refractivity contribution in [2.45, 2.75) is 44.2 Å². The van der Waals surface area contributed by atoms with Crippen molar-refractivity contribution in [1.29, 1.82) is 0 Å². The molecule has 0 spiro atoms. The van der Waals surface area contributed by atoms with Gasteiger partial charge in [-0.15, -0.1) is 12.4 Å². The van der Waals surface area contributed by atoms with Crippen LogP contribution in [0.3, 0.4) is 0 Å². The first-order valence-corrected chi connectivity index (χ1v) is 6.47. The van der Waals surface area contributed by atoms with Gasteiger partial charge in [0.05, 0.1) is 6.54 Å². The number of halogens is 1. The van der Waals surface area contributed by atoms with Crippen molar-refractivity contribution in [3.63, 3.8) is 0 Å². The highest BCUT2D eigenvalue weighted by molar-refractivity contribution is 5.85. The molecule has 5 heteroatoms. The first-order valence-electron chi connectivity index (χ1n) is 6.47. The number of carbonyl (C=O) groups excluding carboxylic acids is 1. The lowest BCUT2D eigenvalue weighted by Crippen LogP contribution is -2.41. The topological polar surface area (TPSA) is 44.4 Å². The number of carbonyl (C=O) groups is 1. The van der Waals surface area contributed by atoms with Crippen molar-refractivity contribution < 1.29 is 4.79 Å². The van der Waals surface area contributed by atoms with E-state index < -0.39 is 0 Å². The van der Waals surface area contributed by atoms with Crippen molar-refractivity contribution in [2.75, 3.05) is 26.7 Å². The van der Waals surface area contributed by atoms with E-state index in [4.69, 9.17) is 0 Å². The fraction of sp³-hybridized carbons (Fsp3) is 0.917. The summed E-state index contributed by atoms with van der Waals surface area (Å²) >= 11 is 0. The van der Waals surface area contributed by atoms with Crippen LogP contribution in [-0.4, -0.2) is 49.6 Å². The third-order valence-electron chi connectivity index (χ3n) is 3.77. The predicted octanol–water partition coefficient (Wildman–Crippen LogP) is 0.761. The van der Waals surface area contributed by atoms with E-state index in [1.807, 2.05) is 7.05 Å². The lowest BCUT2D eigenvalue weighted by molar-refractivity contribution is -0.122. The first kappa shape index (κ1) is 14.7. The minimum atomic E-state index is 0. The summed E-state index contributed by atoms with van der Waals surface area (Å²) in [6, 6.07) is 1.02. The molecule has 2 N–H and O–H groups in total. The van der Waals surface area contributed by atoms with Crippen molar-refractivity contribution in [2.24, 2.45) is 0 Å². The van der Waals surface area contributed by atoms with E-state index in [0.717, 1.165) is 19.5 Å². The second-order valence-corrected chi connectivity index (χ2v) is 5.06. The van der Waals surface area contributed by atoms with Crippen molar-refractivity contribution in [3.05, 3.63) is 0 Å². The Morgan fingerprint density at radius 2 is 1.94 bits per heavy atom. The van der Waals surface area contributed by atoms with Crippen LogP contribution in [0.1, 0.15) is 32.1 Å². The van der Waals surface area contributed by atoms with Crippen molar-refractivity contribution in [3.8, 4) is 0 Å². The number of likely N-dealkylation sites (tertiary alicyclic amines) is 1. The van der Waals surface area contributed by atoms with Crippen LogP contribution in [0.4, 0.5) is 0 Å². The van der Waals surface area contributed by atoms with Crippen LogP contribution >= 0.6 is 12.4 Å². The zero-order valence-electron chi connectivity index (χ0n) is 10.6. The molecule has 0 radical (unpaired) electrons. The quantitative estimate of drug-likeness (QED) is 0.786. The second-order valence-electron chi connectivity index (χ2n) is 5.06. The summed E-state index contributed by atoms with van der Waals surface area (Å²) in [5, 5.41) is 6.40. The first-order chi connectivity index (χ1) is 7.78. The van der Waals surface area contributed by atoms with Crippen LogP contribution in [0.15, 0.2) is 0 Å². The molecule has 0 aromatic rings. The fourth-order valence-corrected chi connectivity index (χ4v) is 2.76. The summed E-state index contributed by atoms with van der Waals surface area (Å²) in [5.74, 6) is 0.212. The molecule has 1 saturated heterocycles. The molecule has 17 heavy (non-hydrogen) atoms. The number of rotatable bonds is 4. The Labute approximate surface area is 110 Å². The van der Waals surface area contributed by atoms with Gasteiger partial charge in [0, 0.05) is 25.2 Å². The van der Waals surface area contributed by atoms with E-state index in [9.17, 15) is 4.79 Å². The summed E-state index contributed by atoms with van der Waals surface area (Å²) in [5.41, 5.74) is 0. The smallest absolute Gasteiger partial charge is 0.234 e. The second kappa shape index (κ2) is 7.19. The van der Waals surface area contributed by atoms with Gasteiger partial charge in [0.15, 0.2) is 0 Å². The molecule has 2 fully saturated rings. The van der Waals surface area contributed by atoms with Crippen LogP contribution in [0, 0.1) is 0 Å². The van der Waals surface area contributed by atoms with E-state index in [-0.39, 0.29) is 18.3 Å². The Kier molecular flexibility index (Phi) is 6.23. The highest BCUT2D eigenvalue weighted by Gasteiger charge is 2.24. The number of nitrogens with one attached hydrogen (secondary N) is 2. The minimum Gasteiger partial charge on any atom is -0.352 e. The predicted molar refractivity (Wildman–Crippen MR) is 71.6 cm³/mol. The molecule has 1 saturated carbocycles. The van der Waals surface area contributed by atoms with Gasteiger partial charge in [-0.3, -0.25) is 9.69 Å². The van der Waals surface area contributed by atoms with Crippen LogP contribution in [0.5, 0.6) is 0 Å². The Bertz CT molecular complexity index is 244. The van der Waals surface area contributed by atoms with Crippen LogP contribution < -0.4 is 10.6 Å². The summed E-state index contributed by atoms with van der Waals surface area (Å²) in [7, 11) is 1.99. The molecule has 100 valence electrons. The molecule has 1 aliphatic heterocycles. The van der Waals surface area contributed by atoms with Gasteiger partial charge in [0.2, 0.25) is 5.91 Å². The molecule has 2 aliphatic rings. The maximum atomic E-state index is 11.8. The zero-order valence-corrected chi connectivity index (χ0v) is 11.4. The summed E-state index contributed by atoms with van der Waals surface area (Å²) in [4.78, 5) is 14.0. The zero-order chi connectivity index (χ0) is 11.4. The van der Waals surface area contributed by atoms with Gasteiger partial charge in [0.25, 0.3) is 0 Å². The molecule has 2 rings (SSSR count). The number of likely N-dealkylation sites (N-methyl/N-ethyl adjacent to an activating group) is 1. The Morgan fingerprint density at radius 1 is 1.24 bits per heavy atom. The molecule has 1 amide bonds. The molecule has 0 aromatic heterocycles. The van der Waals surface area contributed by atoms with Gasteiger partial charge in [0.1, 0.15) is 0 Å². The number of hydrogen-bond donors (Lipinski definition) is 2. The maximum absolute atomic E-state index is 11.8. The van der Waals surface area contributed by atoms with Gasteiger partial charge in [-0.25, -0.2) is 0 Å². The van der Waals surface area contributed by atoms with E-state index in [0.29, 0.717) is 18.6 Å². The average Bonchev–Trinajstić information content (AvgIpc) is 2.89. The SMILES string of the molecule is CNC1CCN(CC(=O)NC2CCCC2)C1.Cl. The highest BCUT2D eigenvalue weighted by atomic mass is 35.5. The van der Waals surface area contributed by atoms with Gasteiger partial charge in [-0.1, -0.05) is 12.8 Å². The molecule has 1 atom stereocenters. The van der Waals surface area contributed by atoms with Crippen LogP contribution in [-0.2, 0) is 4.79 Å². The van der Waals surface area contributed by atoms with E-state index in [1.165, 1.54) is 25.7 Å². The molecule has 4 nitrogen and oxygen atoms in total. The Balaban J connectivity index is 0.00000144. The Morgan fingerprint density at radius 3 is 2.53 bits per heavy atom. The minimum absolute atomic E-state index is 0. The number of hydrogen-bond acceptors (Lipinski definition) is 3. The van der Waals surface area contributed by atoms with E-state index in [1.54, 1.807) is 0 Å². The lowest BCUT2D eigenvalue weighted by Gasteiger charge is -2.17. The third kappa shape index (κ3) is 4.45. The molecular weight excluding hydrogens is 238 g/mol. The van der Waals surface area contributed by atoms with Crippen molar-refractivity contribution in [1.82, 2.24) is 15.5 Å². The molecule has 1 unspecified atom stereocenters. The molecule has 0 bridgehead atoms. The average molecular weight is 262 g/mol. The normalized spacial score (nSPS) is 25.8. The van der Waals surface area contributed by atoms with Gasteiger partial charge >= 0.3 is 0 Å². The molecule has 1 heterocycles. The van der Waals surface area contributed by atoms with Gasteiger partial charge in [-0.05, 0) is 26.3 Å². The third-order valence-corrected chi connectivity index (χ3v) is 3.77. The number of amides is 1. The largest absolute Gasteiger partial charge is 0.352 e. The summed E-state index contributed by atoms with van der Waals surface area (Å²) in [6.45, 7) is 2.63.